The van der Waals surface area contributed by atoms with E-state index < -0.39 is 11.9 Å². The van der Waals surface area contributed by atoms with Crippen molar-refractivity contribution in [3.63, 3.8) is 0 Å². The molecule has 5 nitrogen and oxygen atoms in total. The lowest BCUT2D eigenvalue weighted by Gasteiger charge is -2.35. The number of aryl methyl sites for hydroxylation is 1. The molecule has 0 aliphatic carbocycles. The van der Waals surface area contributed by atoms with Gasteiger partial charge in [0.05, 0.1) is 11.9 Å². The highest BCUT2D eigenvalue weighted by Crippen LogP contribution is 2.33. The molecule has 158 valence electrons. The molecule has 0 spiro atoms. The Bertz CT molecular complexity index is 1070. The van der Waals surface area contributed by atoms with Crippen molar-refractivity contribution in [1.82, 2.24) is 19.5 Å². The summed E-state index contributed by atoms with van der Waals surface area (Å²) in [5, 5.41) is 3.89. The molecule has 1 aromatic carbocycles. The number of hydrogen-bond acceptors (Lipinski definition) is 3. The molecule has 1 fully saturated rings. The van der Waals surface area contributed by atoms with Crippen molar-refractivity contribution in [3.05, 3.63) is 53.3 Å². The lowest BCUT2D eigenvalue weighted by Crippen LogP contribution is -2.43. The molecule has 0 unspecified atom stereocenters. The number of aromatic nitrogens is 3. The van der Waals surface area contributed by atoms with Crippen LogP contribution in [-0.4, -0.2) is 38.0 Å². The normalized spacial score (nSPS) is 17.5. The fourth-order valence-electron chi connectivity index (χ4n) is 4.03. The van der Waals surface area contributed by atoms with E-state index in [1.165, 1.54) is 6.20 Å². The van der Waals surface area contributed by atoms with Crippen LogP contribution in [-0.2, 0) is 6.18 Å². The Hall–Kier alpha value is -2.90. The Morgan fingerprint density at radius 2 is 1.93 bits per heavy atom. The third-order valence-corrected chi connectivity index (χ3v) is 5.70. The maximum absolute atomic E-state index is 13.8. The van der Waals surface area contributed by atoms with Crippen LogP contribution < -0.4 is 0 Å². The average Bonchev–Trinajstić information content (AvgIpc) is 3.16. The number of amides is 1. The van der Waals surface area contributed by atoms with Crippen molar-refractivity contribution in [2.45, 2.75) is 51.7 Å². The van der Waals surface area contributed by atoms with Gasteiger partial charge in [0.1, 0.15) is 5.56 Å². The predicted molar refractivity (Wildman–Crippen MR) is 107 cm³/mol. The van der Waals surface area contributed by atoms with Gasteiger partial charge >= 0.3 is 6.18 Å². The van der Waals surface area contributed by atoms with Gasteiger partial charge in [-0.25, -0.2) is 9.50 Å². The third kappa shape index (κ3) is 3.66. The Morgan fingerprint density at radius 1 is 1.20 bits per heavy atom. The Balaban J connectivity index is 1.86. The van der Waals surface area contributed by atoms with Crippen LogP contribution >= 0.6 is 0 Å². The number of hydrogen-bond donors (Lipinski definition) is 0. The highest BCUT2D eigenvalue weighted by Gasteiger charge is 2.37. The maximum Gasteiger partial charge on any atom is 0.433 e. The Labute approximate surface area is 172 Å². The SMILES string of the molecule is CC[C@@H]1CCCCN1C(=O)c1cnn2c(C(F)(F)F)cc(-c3ccc(C)cc3)nc12. The molecule has 0 saturated carbocycles. The Morgan fingerprint density at radius 3 is 2.60 bits per heavy atom. The van der Waals surface area contributed by atoms with Crippen LogP contribution in [0.3, 0.4) is 0 Å². The summed E-state index contributed by atoms with van der Waals surface area (Å²) >= 11 is 0. The van der Waals surface area contributed by atoms with E-state index >= 15 is 0 Å². The van der Waals surface area contributed by atoms with Crippen LogP contribution in [0.2, 0.25) is 0 Å². The number of piperidine rings is 1. The smallest absolute Gasteiger partial charge is 0.336 e. The summed E-state index contributed by atoms with van der Waals surface area (Å²) in [4.78, 5) is 19.4. The minimum atomic E-state index is -4.63. The second kappa shape index (κ2) is 7.74. The van der Waals surface area contributed by atoms with Crippen molar-refractivity contribution >= 4 is 11.6 Å². The molecule has 8 heteroatoms. The maximum atomic E-state index is 13.8. The molecule has 1 aliphatic rings. The highest BCUT2D eigenvalue weighted by molar-refractivity contribution is 6.00. The number of benzene rings is 1. The van der Waals surface area contributed by atoms with E-state index in [0.717, 1.165) is 41.8 Å². The van der Waals surface area contributed by atoms with E-state index in [-0.39, 0.29) is 28.9 Å². The highest BCUT2D eigenvalue weighted by atomic mass is 19.4. The second-order valence-corrected chi connectivity index (χ2v) is 7.74. The van der Waals surface area contributed by atoms with Gasteiger partial charge in [-0.05, 0) is 38.7 Å². The number of halogens is 3. The topological polar surface area (TPSA) is 50.5 Å². The van der Waals surface area contributed by atoms with Gasteiger partial charge < -0.3 is 4.90 Å². The second-order valence-electron chi connectivity index (χ2n) is 7.74. The number of likely N-dealkylation sites (tertiary alicyclic amines) is 1. The van der Waals surface area contributed by atoms with Crippen molar-refractivity contribution in [3.8, 4) is 11.3 Å². The molecule has 3 heterocycles. The number of carbonyl (C=O) groups excluding carboxylic acids is 1. The van der Waals surface area contributed by atoms with Gasteiger partial charge in [0, 0.05) is 18.2 Å². The molecule has 3 aromatic rings. The van der Waals surface area contributed by atoms with Gasteiger partial charge in [0.15, 0.2) is 11.3 Å². The zero-order valence-corrected chi connectivity index (χ0v) is 16.9. The van der Waals surface area contributed by atoms with E-state index in [2.05, 4.69) is 10.1 Å². The lowest BCUT2D eigenvalue weighted by atomic mass is 9.99. The molecule has 30 heavy (non-hydrogen) atoms. The first kappa shape index (κ1) is 20.4. The van der Waals surface area contributed by atoms with Crippen LogP contribution in [0.15, 0.2) is 36.5 Å². The number of carbonyl (C=O) groups is 1. The number of nitrogens with zero attached hydrogens (tertiary/aromatic N) is 4. The van der Waals surface area contributed by atoms with Gasteiger partial charge in [-0.1, -0.05) is 36.8 Å². The van der Waals surface area contributed by atoms with Gasteiger partial charge in [-0.2, -0.15) is 18.3 Å². The van der Waals surface area contributed by atoms with Gasteiger partial charge in [-0.15, -0.1) is 0 Å². The molecular weight excluding hydrogens is 393 g/mol. The number of alkyl halides is 3. The van der Waals surface area contributed by atoms with E-state index in [9.17, 15) is 18.0 Å². The minimum absolute atomic E-state index is 0.0640. The van der Waals surface area contributed by atoms with Crippen LogP contribution in [0, 0.1) is 6.92 Å². The van der Waals surface area contributed by atoms with E-state index in [1.54, 1.807) is 17.0 Å². The van der Waals surface area contributed by atoms with E-state index in [4.69, 9.17) is 0 Å². The quantitative estimate of drug-likeness (QED) is 0.595. The first-order chi connectivity index (χ1) is 14.3. The van der Waals surface area contributed by atoms with Crippen molar-refractivity contribution in [2.24, 2.45) is 0 Å². The molecule has 1 amide bonds. The summed E-state index contributed by atoms with van der Waals surface area (Å²) in [5.41, 5.74) is 0.799. The summed E-state index contributed by atoms with van der Waals surface area (Å²) in [6.07, 6.45) is 0.213. The minimum Gasteiger partial charge on any atom is -0.336 e. The summed E-state index contributed by atoms with van der Waals surface area (Å²) in [7, 11) is 0. The van der Waals surface area contributed by atoms with Crippen LogP contribution in [0.1, 0.15) is 54.2 Å². The monoisotopic (exact) mass is 416 g/mol. The Kier molecular flexibility index (Phi) is 5.26. The zero-order valence-electron chi connectivity index (χ0n) is 16.9. The van der Waals surface area contributed by atoms with Gasteiger partial charge in [0.25, 0.3) is 5.91 Å². The van der Waals surface area contributed by atoms with Crippen molar-refractivity contribution in [1.29, 1.82) is 0 Å². The largest absolute Gasteiger partial charge is 0.433 e. The summed E-state index contributed by atoms with van der Waals surface area (Å²) in [5.74, 6) is -0.307. The van der Waals surface area contributed by atoms with Crippen LogP contribution in [0.4, 0.5) is 13.2 Å². The van der Waals surface area contributed by atoms with Crippen LogP contribution in [0.5, 0.6) is 0 Å². The van der Waals surface area contributed by atoms with Crippen LogP contribution in [0.25, 0.3) is 16.9 Å². The van der Waals surface area contributed by atoms with E-state index in [1.807, 2.05) is 26.0 Å². The first-order valence-electron chi connectivity index (χ1n) is 10.1. The van der Waals surface area contributed by atoms with Gasteiger partial charge in [-0.3, -0.25) is 4.79 Å². The molecule has 1 atom stereocenters. The lowest BCUT2D eigenvalue weighted by molar-refractivity contribution is -0.142. The molecule has 4 rings (SSSR count). The third-order valence-electron chi connectivity index (χ3n) is 5.70. The van der Waals surface area contributed by atoms with Gasteiger partial charge in [0.2, 0.25) is 0 Å². The fraction of sp³-hybridized carbons (Fsp3) is 0.409. The van der Waals surface area contributed by atoms with Crippen molar-refractivity contribution < 1.29 is 18.0 Å². The summed E-state index contributed by atoms with van der Waals surface area (Å²) in [6, 6.07) is 8.15. The first-order valence-corrected chi connectivity index (χ1v) is 10.1. The molecular formula is C22H23F3N4O. The predicted octanol–water partition coefficient (Wildman–Crippen LogP) is 5.13. The molecule has 1 aliphatic heterocycles. The summed E-state index contributed by atoms with van der Waals surface area (Å²) in [6.45, 7) is 4.51. The van der Waals surface area contributed by atoms with E-state index in [0.29, 0.717) is 12.1 Å². The molecule has 1 saturated heterocycles. The van der Waals surface area contributed by atoms with Crippen molar-refractivity contribution in [2.75, 3.05) is 6.54 Å². The standard InChI is InChI=1S/C22H23F3N4O/c1-3-16-6-4-5-11-28(16)21(30)17-13-26-29-19(22(23,24)25)12-18(27-20(17)29)15-9-7-14(2)8-10-15/h7-10,12-13,16H,3-6,11H2,1-2H3/t16-/m1/s1. The molecule has 2 aromatic heterocycles. The zero-order chi connectivity index (χ0) is 21.5. The average molecular weight is 416 g/mol. The fourth-order valence-corrected chi connectivity index (χ4v) is 4.03. The summed E-state index contributed by atoms with van der Waals surface area (Å²) < 4.78 is 42.1. The molecule has 0 N–H and O–H groups in total. The number of rotatable bonds is 3. The molecule has 0 bridgehead atoms. The number of fused-ring (bicyclic) bond motifs is 1. The molecule has 0 radical (unpaired) electrons.